The number of rotatable bonds is 2. The van der Waals surface area contributed by atoms with Gasteiger partial charge in [-0.2, -0.15) is 0 Å². The van der Waals surface area contributed by atoms with E-state index in [1.54, 1.807) is 6.08 Å². The van der Waals surface area contributed by atoms with E-state index >= 15 is 0 Å². The third-order valence-corrected chi connectivity index (χ3v) is 4.14. The van der Waals surface area contributed by atoms with Gasteiger partial charge in [-0.25, -0.2) is 0 Å². The van der Waals surface area contributed by atoms with Crippen LogP contribution in [0.15, 0.2) is 71.9 Å². The second-order valence-corrected chi connectivity index (χ2v) is 5.73. The lowest BCUT2D eigenvalue weighted by Gasteiger charge is -2.16. The van der Waals surface area contributed by atoms with Gasteiger partial charge < -0.3 is 15.2 Å². The lowest BCUT2D eigenvalue weighted by atomic mass is 9.95. The van der Waals surface area contributed by atoms with Crippen LogP contribution in [0.5, 0.6) is 0 Å². The molecule has 2 aromatic carbocycles. The number of anilines is 1. The molecule has 0 spiro atoms. The molecule has 2 aliphatic heterocycles. The highest BCUT2D eigenvalue weighted by Gasteiger charge is 2.16. The number of ether oxygens (including phenoxy) is 1. The molecule has 0 aromatic heterocycles. The van der Waals surface area contributed by atoms with E-state index in [1.807, 2.05) is 30.3 Å². The van der Waals surface area contributed by atoms with Crippen molar-refractivity contribution in [2.75, 3.05) is 18.4 Å². The van der Waals surface area contributed by atoms with Gasteiger partial charge >= 0.3 is 0 Å². The maximum absolute atomic E-state index is 9.67. The van der Waals surface area contributed by atoms with Crippen molar-refractivity contribution < 1.29 is 9.84 Å². The summed E-state index contributed by atoms with van der Waals surface area (Å²) in [4.78, 5) is 4.78. The summed E-state index contributed by atoms with van der Waals surface area (Å²) in [6.45, 7) is 1.56. The maximum atomic E-state index is 9.67. The van der Waals surface area contributed by atoms with E-state index in [2.05, 4.69) is 29.6 Å². The van der Waals surface area contributed by atoms with E-state index < -0.39 is 6.29 Å². The highest BCUT2D eigenvalue weighted by Crippen LogP contribution is 2.28. The smallest absolute Gasteiger partial charge is 0.217 e. The van der Waals surface area contributed by atoms with Crippen molar-refractivity contribution in [2.24, 2.45) is 4.99 Å². The van der Waals surface area contributed by atoms with Crippen LogP contribution in [0.3, 0.4) is 0 Å². The Balaban J connectivity index is 1.81. The van der Waals surface area contributed by atoms with Gasteiger partial charge in [-0.3, -0.25) is 4.99 Å². The monoisotopic (exact) mass is 318 g/mol. The lowest BCUT2D eigenvalue weighted by Crippen LogP contribution is -2.09. The summed E-state index contributed by atoms with van der Waals surface area (Å²) >= 11 is 0. The molecule has 0 amide bonds. The van der Waals surface area contributed by atoms with Crippen LogP contribution in [0.4, 0.5) is 5.69 Å². The second-order valence-electron chi connectivity index (χ2n) is 5.73. The molecule has 2 aromatic rings. The van der Waals surface area contributed by atoms with Crippen LogP contribution in [0.25, 0.3) is 5.57 Å². The highest BCUT2D eigenvalue weighted by atomic mass is 16.6. The third kappa shape index (κ3) is 2.84. The maximum Gasteiger partial charge on any atom is 0.217 e. The Kier molecular flexibility index (Phi) is 3.89. The van der Waals surface area contributed by atoms with Crippen molar-refractivity contribution in [3.8, 4) is 0 Å². The number of fused-ring (bicyclic) bond motifs is 1. The molecule has 24 heavy (non-hydrogen) atoms. The minimum Gasteiger partial charge on any atom is -0.469 e. The quantitative estimate of drug-likeness (QED) is 0.894. The van der Waals surface area contributed by atoms with Crippen molar-refractivity contribution in [1.82, 2.24) is 0 Å². The highest BCUT2D eigenvalue weighted by molar-refractivity contribution is 6.16. The molecule has 2 aliphatic rings. The Hall–Kier alpha value is -2.85. The molecule has 2 heterocycles. The average molecular weight is 318 g/mol. The molecule has 0 saturated heterocycles. The summed E-state index contributed by atoms with van der Waals surface area (Å²) in [5, 5.41) is 13.1. The van der Waals surface area contributed by atoms with Crippen LogP contribution in [0, 0.1) is 0 Å². The fourth-order valence-corrected chi connectivity index (χ4v) is 2.99. The molecule has 1 atom stereocenters. The zero-order valence-electron chi connectivity index (χ0n) is 13.1. The topological polar surface area (TPSA) is 53.9 Å². The van der Waals surface area contributed by atoms with Crippen LogP contribution in [-0.2, 0) is 4.74 Å². The van der Waals surface area contributed by atoms with Crippen molar-refractivity contribution in [2.45, 2.75) is 6.29 Å². The van der Waals surface area contributed by atoms with Gasteiger partial charge in [0.15, 0.2) is 0 Å². The first-order valence-corrected chi connectivity index (χ1v) is 8.02. The molecule has 0 aliphatic carbocycles. The molecule has 0 fully saturated rings. The Morgan fingerprint density at radius 1 is 1.08 bits per heavy atom. The molecule has 1 unspecified atom stereocenters. The summed E-state index contributed by atoms with van der Waals surface area (Å²) in [5.41, 5.74) is 6.22. The number of aliphatic imine (C=N–C) groups is 1. The van der Waals surface area contributed by atoms with Gasteiger partial charge in [0.25, 0.3) is 0 Å². The zero-order valence-corrected chi connectivity index (χ0v) is 13.1. The number of hydrogen-bond acceptors (Lipinski definition) is 4. The standard InChI is InChI=1S/C20H18N2O2/c23-19-13-16(8-11-24-19)15-6-7-18-17(12-15)20(22-10-9-21-18)14-4-2-1-3-5-14/h1-8,11-13,19,21,23H,9-10H2. The molecule has 120 valence electrons. The van der Waals surface area contributed by atoms with Crippen molar-refractivity contribution in [1.29, 1.82) is 0 Å². The number of aliphatic hydroxyl groups is 1. The minimum absolute atomic E-state index is 0.739. The molecule has 0 bridgehead atoms. The summed E-state index contributed by atoms with van der Waals surface area (Å²) in [6.07, 6.45) is 4.18. The Labute approximate surface area is 140 Å². The van der Waals surface area contributed by atoms with E-state index in [0.29, 0.717) is 0 Å². The predicted molar refractivity (Wildman–Crippen MR) is 96.1 cm³/mol. The first-order chi connectivity index (χ1) is 11.8. The van der Waals surface area contributed by atoms with E-state index in [1.165, 1.54) is 6.26 Å². The zero-order chi connectivity index (χ0) is 16.4. The molecule has 4 heteroatoms. The fourth-order valence-electron chi connectivity index (χ4n) is 2.99. The van der Waals surface area contributed by atoms with Gasteiger partial charge in [-0.15, -0.1) is 0 Å². The largest absolute Gasteiger partial charge is 0.469 e. The van der Waals surface area contributed by atoms with E-state index in [-0.39, 0.29) is 0 Å². The van der Waals surface area contributed by atoms with Crippen LogP contribution < -0.4 is 5.32 Å². The molecule has 0 saturated carbocycles. The Morgan fingerprint density at radius 3 is 2.79 bits per heavy atom. The van der Waals surface area contributed by atoms with Gasteiger partial charge in [-0.05, 0) is 35.4 Å². The van der Waals surface area contributed by atoms with Crippen LogP contribution in [0.1, 0.15) is 16.7 Å². The number of nitrogens with one attached hydrogen (secondary N) is 1. The molecular formula is C20H18N2O2. The van der Waals surface area contributed by atoms with Crippen molar-refractivity contribution in [3.63, 3.8) is 0 Å². The van der Waals surface area contributed by atoms with Crippen LogP contribution in [-0.4, -0.2) is 30.2 Å². The summed E-state index contributed by atoms with van der Waals surface area (Å²) in [7, 11) is 0. The summed E-state index contributed by atoms with van der Waals surface area (Å²) < 4.78 is 5.02. The van der Waals surface area contributed by atoms with E-state index in [0.717, 1.165) is 46.8 Å². The summed E-state index contributed by atoms with van der Waals surface area (Å²) in [5.74, 6) is 0. The summed E-state index contributed by atoms with van der Waals surface area (Å²) in [6, 6.07) is 16.5. The number of aliphatic hydroxyl groups excluding tert-OH is 1. The third-order valence-electron chi connectivity index (χ3n) is 4.14. The van der Waals surface area contributed by atoms with Crippen LogP contribution >= 0.6 is 0 Å². The van der Waals surface area contributed by atoms with Gasteiger partial charge in [0, 0.05) is 23.4 Å². The molecular weight excluding hydrogens is 300 g/mol. The fraction of sp³-hybridized carbons (Fsp3) is 0.150. The van der Waals surface area contributed by atoms with Gasteiger partial charge in [-0.1, -0.05) is 36.4 Å². The number of allylic oxidation sites excluding steroid dienone is 2. The number of benzene rings is 2. The normalized spacial score (nSPS) is 19.3. The number of benzodiazepines with no additional fused rings is 1. The van der Waals surface area contributed by atoms with Crippen molar-refractivity contribution in [3.05, 3.63) is 83.6 Å². The van der Waals surface area contributed by atoms with Gasteiger partial charge in [0.05, 0.1) is 18.5 Å². The Bertz CT molecular complexity index is 838. The predicted octanol–water partition coefficient (Wildman–Crippen LogP) is 3.20. The Morgan fingerprint density at radius 2 is 1.96 bits per heavy atom. The molecule has 4 nitrogen and oxygen atoms in total. The second kappa shape index (κ2) is 6.34. The van der Waals surface area contributed by atoms with Crippen molar-refractivity contribution >= 4 is 17.0 Å². The molecule has 0 radical (unpaired) electrons. The first kappa shape index (κ1) is 14.7. The van der Waals surface area contributed by atoms with Gasteiger partial charge in [0.1, 0.15) is 0 Å². The molecule has 4 rings (SSSR count). The SMILES string of the molecule is OC1C=C(c2ccc3c(c2)C(c2ccccc2)=NCCN3)C=CO1. The lowest BCUT2D eigenvalue weighted by molar-refractivity contribution is -0.0124. The molecule has 2 N–H and O–H groups in total. The average Bonchev–Trinajstić information content (AvgIpc) is 2.84. The van der Waals surface area contributed by atoms with E-state index in [9.17, 15) is 5.11 Å². The van der Waals surface area contributed by atoms with Crippen LogP contribution in [0.2, 0.25) is 0 Å². The number of nitrogens with zero attached hydrogens (tertiary/aromatic N) is 1. The number of hydrogen-bond donors (Lipinski definition) is 2. The van der Waals surface area contributed by atoms with Gasteiger partial charge in [0.2, 0.25) is 6.29 Å². The minimum atomic E-state index is -0.899. The van der Waals surface area contributed by atoms with E-state index in [4.69, 9.17) is 9.73 Å². The first-order valence-electron chi connectivity index (χ1n) is 8.02.